The van der Waals surface area contributed by atoms with Crippen LogP contribution < -0.4 is 14.8 Å². The van der Waals surface area contributed by atoms with Gasteiger partial charge in [0.1, 0.15) is 24.9 Å². The van der Waals surface area contributed by atoms with E-state index in [-0.39, 0.29) is 6.42 Å². The first kappa shape index (κ1) is 19.9. The summed E-state index contributed by atoms with van der Waals surface area (Å²) >= 11 is 0. The largest absolute Gasteiger partial charge is 0.487 e. The van der Waals surface area contributed by atoms with E-state index in [0.717, 1.165) is 16.5 Å². The molecular formula is C23H23F2N3O3. The molecule has 0 saturated heterocycles. The Hall–Kier alpha value is -3.00. The van der Waals surface area contributed by atoms with Crippen LogP contribution in [-0.2, 0) is 11.3 Å². The molecule has 8 heteroatoms. The number of aromatic nitrogens is 2. The first-order valence-electron chi connectivity index (χ1n) is 10.4. The minimum Gasteiger partial charge on any atom is -0.487 e. The highest BCUT2D eigenvalue weighted by Crippen LogP contribution is 2.55. The lowest BCUT2D eigenvalue weighted by Gasteiger charge is -2.14. The van der Waals surface area contributed by atoms with Crippen molar-refractivity contribution in [1.82, 2.24) is 9.97 Å². The van der Waals surface area contributed by atoms with Gasteiger partial charge < -0.3 is 19.5 Å². The van der Waals surface area contributed by atoms with Crippen molar-refractivity contribution >= 4 is 16.7 Å². The zero-order valence-electron chi connectivity index (χ0n) is 17.2. The summed E-state index contributed by atoms with van der Waals surface area (Å²) in [7, 11) is 0. The molecule has 0 spiro atoms. The molecule has 1 unspecified atom stereocenters. The van der Waals surface area contributed by atoms with Crippen molar-refractivity contribution in [3.63, 3.8) is 0 Å². The van der Waals surface area contributed by atoms with Gasteiger partial charge in [-0.25, -0.2) is 18.7 Å². The van der Waals surface area contributed by atoms with Crippen molar-refractivity contribution < 1.29 is 23.0 Å². The van der Waals surface area contributed by atoms with Crippen LogP contribution in [0.4, 0.5) is 14.6 Å². The van der Waals surface area contributed by atoms with E-state index in [1.165, 1.54) is 0 Å². The summed E-state index contributed by atoms with van der Waals surface area (Å²) in [5, 5.41) is 4.14. The van der Waals surface area contributed by atoms with E-state index in [2.05, 4.69) is 15.3 Å². The fourth-order valence-corrected chi connectivity index (χ4v) is 3.82. The maximum Gasteiger partial charge on any atom is 0.255 e. The van der Waals surface area contributed by atoms with Gasteiger partial charge in [-0.2, -0.15) is 0 Å². The summed E-state index contributed by atoms with van der Waals surface area (Å²) in [6.45, 7) is 4.14. The number of halogens is 2. The van der Waals surface area contributed by atoms with Crippen LogP contribution >= 0.6 is 0 Å². The number of benzene rings is 2. The molecule has 6 nitrogen and oxygen atoms in total. The Balaban J connectivity index is 1.42. The highest BCUT2D eigenvalue weighted by Gasteiger charge is 2.57. The fourth-order valence-electron chi connectivity index (χ4n) is 3.82. The zero-order chi connectivity index (χ0) is 21.4. The molecule has 1 aliphatic carbocycles. The second-order valence-corrected chi connectivity index (χ2v) is 7.86. The SMILES string of the molecule is Cc1nc(NCc2cccc(C3CC3(F)F)c2)c2cc3c(cc2n1)OCCOCCO3. The third-order valence-electron chi connectivity index (χ3n) is 5.48. The van der Waals surface area contributed by atoms with Crippen LogP contribution in [0.25, 0.3) is 10.9 Å². The molecule has 0 radical (unpaired) electrons. The predicted molar refractivity (Wildman–Crippen MR) is 112 cm³/mol. The smallest absolute Gasteiger partial charge is 0.255 e. The number of aryl methyl sites for hydroxylation is 1. The highest BCUT2D eigenvalue weighted by atomic mass is 19.3. The first-order chi connectivity index (χ1) is 15.0. The minimum atomic E-state index is -2.57. The van der Waals surface area contributed by atoms with Crippen molar-refractivity contribution in [3.05, 3.63) is 53.3 Å². The monoisotopic (exact) mass is 427 g/mol. The molecule has 2 aliphatic rings. The topological polar surface area (TPSA) is 65.5 Å². The van der Waals surface area contributed by atoms with Gasteiger partial charge in [-0.1, -0.05) is 24.3 Å². The Morgan fingerprint density at radius 2 is 1.77 bits per heavy atom. The number of hydrogen-bond acceptors (Lipinski definition) is 6. The molecule has 3 aromatic rings. The molecule has 5 rings (SSSR count). The molecule has 2 heterocycles. The van der Waals surface area contributed by atoms with Gasteiger partial charge in [-0.3, -0.25) is 0 Å². The van der Waals surface area contributed by atoms with Crippen LogP contribution in [-0.4, -0.2) is 42.3 Å². The molecule has 1 atom stereocenters. The van der Waals surface area contributed by atoms with Crippen LogP contribution in [0, 0.1) is 6.92 Å². The molecule has 1 fully saturated rings. The molecule has 1 aliphatic heterocycles. The lowest BCUT2D eigenvalue weighted by molar-refractivity contribution is 0.0877. The van der Waals surface area contributed by atoms with Gasteiger partial charge in [0.25, 0.3) is 5.92 Å². The second kappa shape index (κ2) is 7.92. The predicted octanol–water partition coefficient (Wildman–Crippen LogP) is 4.46. The summed E-state index contributed by atoms with van der Waals surface area (Å²) in [5.74, 6) is -0.721. The summed E-state index contributed by atoms with van der Waals surface area (Å²) in [4.78, 5) is 9.09. The van der Waals surface area contributed by atoms with E-state index >= 15 is 0 Å². The standard InChI is InChI=1S/C23H23F2N3O3/c1-14-27-19-11-21-20(30-7-5-29-6-8-31-21)10-17(19)22(28-14)26-13-15-3-2-4-16(9-15)18-12-23(18,24)25/h2-4,9-11,18H,5-8,12-13H2,1H3,(H,26,27,28). The Morgan fingerprint density at radius 3 is 2.52 bits per heavy atom. The molecule has 1 saturated carbocycles. The molecular weight excluding hydrogens is 404 g/mol. The van der Waals surface area contributed by atoms with Crippen molar-refractivity contribution in [2.45, 2.75) is 31.7 Å². The third-order valence-corrected chi connectivity index (χ3v) is 5.48. The number of anilines is 1. The van der Waals surface area contributed by atoms with Gasteiger partial charge in [-0.15, -0.1) is 0 Å². The van der Waals surface area contributed by atoms with Gasteiger partial charge in [0.2, 0.25) is 0 Å². The van der Waals surface area contributed by atoms with Crippen LogP contribution in [0.2, 0.25) is 0 Å². The highest BCUT2D eigenvalue weighted by molar-refractivity contribution is 5.91. The Labute approximate surface area is 178 Å². The van der Waals surface area contributed by atoms with Crippen LogP contribution in [0.5, 0.6) is 11.5 Å². The van der Waals surface area contributed by atoms with E-state index in [1.807, 2.05) is 37.3 Å². The molecule has 2 aromatic carbocycles. The van der Waals surface area contributed by atoms with Crippen LogP contribution in [0.1, 0.15) is 29.3 Å². The lowest BCUT2D eigenvalue weighted by Crippen LogP contribution is -2.08. The number of rotatable bonds is 4. The number of ether oxygens (including phenoxy) is 3. The fraction of sp³-hybridized carbons (Fsp3) is 0.391. The van der Waals surface area contributed by atoms with E-state index in [9.17, 15) is 8.78 Å². The molecule has 0 bridgehead atoms. The molecule has 162 valence electrons. The van der Waals surface area contributed by atoms with Crippen molar-refractivity contribution in [1.29, 1.82) is 0 Å². The quantitative estimate of drug-likeness (QED) is 0.663. The van der Waals surface area contributed by atoms with Gasteiger partial charge in [0.05, 0.1) is 24.6 Å². The Morgan fingerprint density at radius 1 is 1.03 bits per heavy atom. The number of nitrogens with zero attached hydrogens (tertiary/aromatic N) is 2. The zero-order valence-corrected chi connectivity index (χ0v) is 17.2. The van der Waals surface area contributed by atoms with Gasteiger partial charge in [0, 0.05) is 24.4 Å². The van der Waals surface area contributed by atoms with Crippen molar-refractivity contribution in [3.8, 4) is 11.5 Å². The Kier molecular flexibility index (Phi) is 5.09. The normalized spacial score (nSPS) is 19.9. The average Bonchev–Trinajstić information content (AvgIpc) is 3.36. The van der Waals surface area contributed by atoms with Crippen LogP contribution in [0.3, 0.4) is 0 Å². The summed E-state index contributed by atoms with van der Waals surface area (Å²) in [5.41, 5.74) is 2.34. The minimum absolute atomic E-state index is 0.0716. The summed E-state index contributed by atoms with van der Waals surface area (Å²) in [6.07, 6.45) is -0.0716. The molecule has 1 N–H and O–H groups in total. The van der Waals surface area contributed by atoms with Gasteiger partial charge in [0.15, 0.2) is 11.5 Å². The van der Waals surface area contributed by atoms with Crippen molar-refractivity contribution in [2.24, 2.45) is 0 Å². The van der Waals surface area contributed by atoms with Crippen LogP contribution in [0.15, 0.2) is 36.4 Å². The summed E-state index contributed by atoms with van der Waals surface area (Å²) in [6, 6.07) is 11.1. The maximum absolute atomic E-state index is 13.4. The first-order valence-corrected chi connectivity index (χ1v) is 10.4. The molecule has 31 heavy (non-hydrogen) atoms. The molecule has 1 aromatic heterocycles. The van der Waals surface area contributed by atoms with E-state index < -0.39 is 11.8 Å². The average molecular weight is 427 g/mol. The van der Waals surface area contributed by atoms with E-state index in [0.29, 0.717) is 61.7 Å². The van der Waals surface area contributed by atoms with Gasteiger partial charge in [-0.05, 0) is 24.1 Å². The number of hydrogen-bond donors (Lipinski definition) is 1. The van der Waals surface area contributed by atoms with Crippen molar-refractivity contribution in [2.75, 3.05) is 31.7 Å². The maximum atomic E-state index is 13.4. The van der Waals surface area contributed by atoms with E-state index in [1.54, 1.807) is 6.07 Å². The van der Waals surface area contributed by atoms with Gasteiger partial charge >= 0.3 is 0 Å². The number of fused-ring (bicyclic) bond motifs is 2. The molecule has 0 amide bonds. The number of nitrogens with one attached hydrogen (secondary N) is 1. The summed E-state index contributed by atoms with van der Waals surface area (Å²) < 4.78 is 43.9. The second-order valence-electron chi connectivity index (χ2n) is 7.86. The third kappa shape index (κ3) is 4.25. The van der Waals surface area contributed by atoms with E-state index in [4.69, 9.17) is 14.2 Å². The number of alkyl halides is 2. The Bertz CT molecular complexity index is 1120. The lowest BCUT2D eigenvalue weighted by atomic mass is 10.1.